The van der Waals surface area contributed by atoms with Crippen LogP contribution in [0, 0.1) is 5.92 Å². The summed E-state index contributed by atoms with van der Waals surface area (Å²) in [7, 11) is 0. The van der Waals surface area contributed by atoms with Crippen molar-refractivity contribution in [3.8, 4) is 0 Å². The molecule has 1 unspecified atom stereocenters. The number of likely N-dealkylation sites (tertiary alicyclic amines) is 1. The predicted molar refractivity (Wildman–Crippen MR) is 68.9 cm³/mol. The van der Waals surface area contributed by atoms with Gasteiger partial charge in [-0.3, -0.25) is 4.79 Å². The molecule has 0 aliphatic carbocycles. The number of piperazine rings is 1. The van der Waals surface area contributed by atoms with Crippen molar-refractivity contribution >= 4 is 5.91 Å². The van der Waals surface area contributed by atoms with Crippen LogP contribution >= 0.6 is 0 Å². The molecule has 0 aromatic heterocycles. The average Bonchev–Trinajstić information content (AvgIpc) is 2.68. The van der Waals surface area contributed by atoms with Gasteiger partial charge in [0.2, 0.25) is 5.91 Å². The summed E-state index contributed by atoms with van der Waals surface area (Å²) in [6, 6.07) is 0. The minimum absolute atomic E-state index is 0.374. The SMILES string of the molecule is CCCCN1CC(CN2CCNCC2)CC1=O. The minimum atomic E-state index is 0.374. The molecule has 0 radical (unpaired) electrons. The number of carbonyl (C=O) groups is 1. The zero-order valence-corrected chi connectivity index (χ0v) is 11.0. The zero-order chi connectivity index (χ0) is 12.1. The molecule has 2 fully saturated rings. The summed E-state index contributed by atoms with van der Waals surface area (Å²) in [6.45, 7) is 9.71. The van der Waals surface area contributed by atoms with Gasteiger partial charge in [0.15, 0.2) is 0 Å². The first-order valence-electron chi connectivity index (χ1n) is 7.00. The first-order valence-corrected chi connectivity index (χ1v) is 7.00. The number of unbranched alkanes of at least 4 members (excludes halogenated alkanes) is 1. The maximum Gasteiger partial charge on any atom is 0.222 e. The molecule has 2 rings (SSSR count). The van der Waals surface area contributed by atoms with E-state index < -0.39 is 0 Å². The van der Waals surface area contributed by atoms with Gasteiger partial charge in [0, 0.05) is 52.2 Å². The summed E-state index contributed by atoms with van der Waals surface area (Å²) < 4.78 is 0. The molecule has 0 spiro atoms. The van der Waals surface area contributed by atoms with Crippen molar-refractivity contribution in [3.63, 3.8) is 0 Å². The molecule has 4 heteroatoms. The van der Waals surface area contributed by atoms with Crippen molar-refractivity contribution in [2.75, 3.05) is 45.8 Å². The fourth-order valence-corrected chi connectivity index (χ4v) is 2.80. The molecule has 0 bridgehead atoms. The first-order chi connectivity index (χ1) is 8.29. The van der Waals surface area contributed by atoms with Crippen LogP contribution in [0.1, 0.15) is 26.2 Å². The summed E-state index contributed by atoms with van der Waals surface area (Å²) in [5.41, 5.74) is 0. The van der Waals surface area contributed by atoms with Gasteiger partial charge in [-0.1, -0.05) is 13.3 Å². The van der Waals surface area contributed by atoms with E-state index in [-0.39, 0.29) is 0 Å². The van der Waals surface area contributed by atoms with Gasteiger partial charge in [-0.2, -0.15) is 0 Å². The van der Waals surface area contributed by atoms with Crippen molar-refractivity contribution < 1.29 is 4.79 Å². The van der Waals surface area contributed by atoms with Crippen LogP contribution in [-0.2, 0) is 4.79 Å². The summed E-state index contributed by atoms with van der Waals surface area (Å²) in [4.78, 5) is 16.4. The molecule has 2 heterocycles. The molecule has 17 heavy (non-hydrogen) atoms. The third-order valence-corrected chi connectivity index (χ3v) is 3.80. The second kappa shape index (κ2) is 6.36. The summed E-state index contributed by atoms with van der Waals surface area (Å²) >= 11 is 0. The maximum absolute atomic E-state index is 11.8. The number of rotatable bonds is 5. The summed E-state index contributed by atoms with van der Waals surface area (Å²) in [6.07, 6.45) is 3.09. The van der Waals surface area contributed by atoms with E-state index in [0.29, 0.717) is 11.8 Å². The second-order valence-electron chi connectivity index (χ2n) is 5.31. The number of carbonyl (C=O) groups excluding carboxylic acids is 1. The molecular weight excluding hydrogens is 214 g/mol. The quantitative estimate of drug-likeness (QED) is 0.760. The average molecular weight is 239 g/mol. The maximum atomic E-state index is 11.8. The van der Waals surface area contributed by atoms with Crippen LogP contribution in [0.4, 0.5) is 0 Å². The number of nitrogens with one attached hydrogen (secondary N) is 1. The van der Waals surface area contributed by atoms with Gasteiger partial charge in [0.25, 0.3) is 0 Å². The van der Waals surface area contributed by atoms with Gasteiger partial charge in [-0.25, -0.2) is 0 Å². The van der Waals surface area contributed by atoms with Crippen LogP contribution in [0.2, 0.25) is 0 Å². The molecule has 1 amide bonds. The Balaban J connectivity index is 1.73. The van der Waals surface area contributed by atoms with Crippen LogP contribution in [-0.4, -0.2) is 61.5 Å². The lowest BCUT2D eigenvalue weighted by Crippen LogP contribution is -2.45. The largest absolute Gasteiger partial charge is 0.342 e. The number of amides is 1. The monoisotopic (exact) mass is 239 g/mol. The highest BCUT2D eigenvalue weighted by Gasteiger charge is 2.30. The highest BCUT2D eigenvalue weighted by molar-refractivity contribution is 5.78. The molecule has 2 aliphatic heterocycles. The molecule has 4 nitrogen and oxygen atoms in total. The lowest BCUT2D eigenvalue weighted by molar-refractivity contribution is -0.127. The van der Waals surface area contributed by atoms with E-state index in [1.807, 2.05) is 0 Å². The second-order valence-corrected chi connectivity index (χ2v) is 5.31. The van der Waals surface area contributed by atoms with Gasteiger partial charge in [0.05, 0.1) is 0 Å². The summed E-state index contributed by atoms with van der Waals surface area (Å²) in [5, 5.41) is 3.37. The highest BCUT2D eigenvalue weighted by Crippen LogP contribution is 2.19. The number of hydrogen-bond acceptors (Lipinski definition) is 3. The van der Waals surface area contributed by atoms with Gasteiger partial charge >= 0.3 is 0 Å². The van der Waals surface area contributed by atoms with E-state index in [1.165, 1.54) is 6.42 Å². The molecule has 1 N–H and O–H groups in total. The van der Waals surface area contributed by atoms with Crippen LogP contribution in [0.25, 0.3) is 0 Å². The Kier molecular flexibility index (Phi) is 4.80. The van der Waals surface area contributed by atoms with E-state index in [0.717, 1.165) is 58.7 Å². The molecule has 0 aromatic carbocycles. The fourth-order valence-electron chi connectivity index (χ4n) is 2.80. The van der Waals surface area contributed by atoms with Crippen molar-refractivity contribution in [1.82, 2.24) is 15.1 Å². The van der Waals surface area contributed by atoms with Gasteiger partial charge < -0.3 is 15.1 Å². The standard InChI is InChI=1S/C13H25N3O/c1-2-3-6-16-11-12(9-13(16)17)10-15-7-4-14-5-8-15/h12,14H,2-11H2,1H3. The lowest BCUT2D eigenvalue weighted by Gasteiger charge is -2.29. The molecule has 2 aliphatic rings. The molecular formula is C13H25N3O. The molecule has 1 atom stereocenters. The van der Waals surface area contributed by atoms with Crippen molar-refractivity contribution in [2.24, 2.45) is 5.92 Å². The molecule has 0 aromatic rings. The van der Waals surface area contributed by atoms with Crippen molar-refractivity contribution in [2.45, 2.75) is 26.2 Å². The van der Waals surface area contributed by atoms with Crippen LogP contribution < -0.4 is 5.32 Å². The van der Waals surface area contributed by atoms with Crippen LogP contribution in [0.5, 0.6) is 0 Å². The Morgan fingerprint density at radius 2 is 2.12 bits per heavy atom. The first kappa shape index (κ1) is 12.8. The third-order valence-electron chi connectivity index (χ3n) is 3.80. The van der Waals surface area contributed by atoms with E-state index in [1.54, 1.807) is 0 Å². The minimum Gasteiger partial charge on any atom is -0.342 e. The third kappa shape index (κ3) is 3.68. The van der Waals surface area contributed by atoms with Crippen molar-refractivity contribution in [1.29, 1.82) is 0 Å². The number of nitrogens with zero attached hydrogens (tertiary/aromatic N) is 2. The van der Waals surface area contributed by atoms with Gasteiger partial charge in [-0.05, 0) is 12.3 Å². The van der Waals surface area contributed by atoms with E-state index in [9.17, 15) is 4.79 Å². The normalized spacial score (nSPS) is 26.8. The highest BCUT2D eigenvalue weighted by atomic mass is 16.2. The Hall–Kier alpha value is -0.610. The fraction of sp³-hybridized carbons (Fsp3) is 0.923. The Morgan fingerprint density at radius 3 is 2.82 bits per heavy atom. The zero-order valence-electron chi connectivity index (χ0n) is 11.0. The van der Waals surface area contributed by atoms with E-state index >= 15 is 0 Å². The molecule has 2 saturated heterocycles. The Morgan fingerprint density at radius 1 is 1.35 bits per heavy atom. The van der Waals surface area contributed by atoms with E-state index in [2.05, 4.69) is 22.0 Å². The topological polar surface area (TPSA) is 35.6 Å². The lowest BCUT2D eigenvalue weighted by atomic mass is 10.1. The van der Waals surface area contributed by atoms with Gasteiger partial charge in [0.1, 0.15) is 0 Å². The predicted octanol–water partition coefficient (Wildman–Crippen LogP) is 0.540. The Labute approximate surface area is 104 Å². The van der Waals surface area contributed by atoms with Crippen molar-refractivity contribution in [3.05, 3.63) is 0 Å². The van der Waals surface area contributed by atoms with Gasteiger partial charge in [-0.15, -0.1) is 0 Å². The van der Waals surface area contributed by atoms with Crippen LogP contribution in [0.3, 0.4) is 0 Å². The summed E-state index contributed by atoms with van der Waals surface area (Å²) in [5.74, 6) is 0.941. The van der Waals surface area contributed by atoms with Crippen LogP contribution in [0.15, 0.2) is 0 Å². The number of hydrogen-bond donors (Lipinski definition) is 1. The van der Waals surface area contributed by atoms with E-state index in [4.69, 9.17) is 0 Å². The smallest absolute Gasteiger partial charge is 0.222 e. The molecule has 98 valence electrons. The Bertz CT molecular complexity index is 251. The molecule has 0 saturated carbocycles.